The molecule has 0 atom stereocenters. The van der Waals surface area contributed by atoms with Gasteiger partial charge in [-0.15, -0.1) is 11.3 Å². The van der Waals surface area contributed by atoms with Gasteiger partial charge in [-0.3, -0.25) is 5.10 Å². The molecule has 0 amide bonds. The van der Waals surface area contributed by atoms with Gasteiger partial charge in [0.2, 0.25) is 0 Å². The molecule has 0 aliphatic carbocycles. The highest BCUT2D eigenvalue weighted by molar-refractivity contribution is 7.89. The second-order valence-electron chi connectivity index (χ2n) is 4.62. The summed E-state index contributed by atoms with van der Waals surface area (Å²) >= 11 is 1.51. The molecule has 0 bridgehead atoms. The number of hydrogen-bond donors (Lipinski definition) is 2. The van der Waals surface area contributed by atoms with Crippen LogP contribution >= 0.6 is 11.3 Å². The van der Waals surface area contributed by atoms with Gasteiger partial charge in [-0.05, 0) is 13.5 Å². The number of aromatic amines is 1. The Bertz CT molecular complexity index is 692. The minimum Gasteiger partial charge on any atom is -0.313 e. The fourth-order valence-electron chi connectivity index (χ4n) is 1.86. The normalized spacial score (nSPS) is 12.2. The summed E-state index contributed by atoms with van der Waals surface area (Å²) < 4.78 is 26.5. The van der Waals surface area contributed by atoms with Crippen LogP contribution < -0.4 is 5.32 Å². The van der Waals surface area contributed by atoms with E-state index in [0.29, 0.717) is 12.1 Å². The zero-order valence-electron chi connectivity index (χ0n) is 12.3. The minimum absolute atomic E-state index is 0.137. The first kappa shape index (κ1) is 16.1. The van der Waals surface area contributed by atoms with Crippen LogP contribution in [0.1, 0.15) is 23.2 Å². The second kappa shape index (κ2) is 6.65. The molecule has 0 unspecified atom stereocenters. The summed E-state index contributed by atoms with van der Waals surface area (Å²) in [6, 6.07) is 0. The third-order valence-electron chi connectivity index (χ3n) is 2.96. The molecule has 2 N–H and O–H groups in total. The predicted octanol–water partition coefficient (Wildman–Crippen LogP) is 1.10. The quantitative estimate of drug-likeness (QED) is 0.794. The molecule has 21 heavy (non-hydrogen) atoms. The fourth-order valence-corrected chi connectivity index (χ4v) is 3.70. The molecule has 7 nitrogen and oxygen atoms in total. The zero-order valence-corrected chi connectivity index (χ0v) is 13.9. The Kier molecular flexibility index (Phi) is 5.09. The van der Waals surface area contributed by atoms with Crippen LogP contribution in [0.15, 0.2) is 16.6 Å². The van der Waals surface area contributed by atoms with Crippen molar-refractivity contribution in [3.05, 3.63) is 27.8 Å². The molecule has 2 aromatic heterocycles. The van der Waals surface area contributed by atoms with E-state index in [1.165, 1.54) is 21.8 Å². The van der Waals surface area contributed by atoms with Crippen LogP contribution in [0.4, 0.5) is 0 Å². The number of hydrogen-bond acceptors (Lipinski definition) is 6. The van der Waals surface area contributed by atoms with Crippen molar-refractivity contribution in [2.75, 3.05) is 13.6 Å². The van der Waals surface area contributed by atoms with Gasteiger partial charge < -0.3 is 5.32 Å². The van der Waals surface area contributed by atoms with Crippen molar-refractivity contribution in [3.8, 4) is 0 Å². The van der Waals surface area contributed by atoms with Gasteiger partial charge in [-0.25, -0.2) is 13.4 Å². The Morgan fingerprint density at radius 3 is 2.86 bits per heavy atom. The van der Waals surface area contributed by atoms with Gasteiger partial charge in [0.05, 0.1) is 23.4 Å². The number of nitrogens with zero attached hydrogens (tertiary/aromatic N) is 3. The number of thiazole rings is 1. The molecule has 0 spiro atoms. The molecule has 0 aromatic carbocycles. The van der Waals surface area contributed by atoms with Crippen LogP contribution in [0.2, 0.25) is 0 Å². The van der Waals surface area contributed by atoms with Gasteiger partial charge >= 0.3 is 0 Å². The van der Waals surface area contributed by atoms with E-state index in [9.17, 15) is 8.42 Å². The van der Waals surface area contributed by atoms with Gasteiger partial charge in [-0.2, -0.15) is 9.40 Å². The minimum atomic E-state index is -3.61. The summed E-state index contributed by atoms with van der Waals surface area (Å²) in [6.07, 6.45) is 1.54. The number of aryl methyl sites for hydroxylation is 1. The monoisotopic (exact) mass is 329 g/mol. The van der Waals surface area contributed by atoms with Gasteiger partial charge in [0.15, 0.2) is 5.03 Å². The lowest BCUT2D eigenvalue weighted by Gasteiger charge is -2.16. The Morgan fingerprint density at radius 1 is 1.48 bits per heavy atom. The first-order valence-electron chi connectivity index (χ1n) is 6.55. The van der Waals surface area contributed by atoms with E-state index in [4.69, 9.17) is 0 Å². The van der Waals surface area contributed by atoms with Crippen molar-refractivity contribution in [1.82, 2.24) is 24.8 Å². The topological polar surface area (TPSA) is 91.0 Å². The highest BCUT2D eigenvalue weighted by Crippen LogP contribution is 2.19. The Labute approximate surface area is 128 Å². The molecular weight excluding hydrogens is 310 g/mol. The summed E-state index contributed by atoms with van der Waals surface area (Å²) in [5.41, 5.74) is 1.38. The lowest BCUT2D eigenvalue weighted by atomic mass is 10.3. The largest absolute Gasteiger partial charge is 0.313 e. The Morgan fingerprint density at radius 2 is 2.24 bits per heavy atom. The van der Waals surface area contributed by atoms with Crippen molar-refractivity contribution >= 4 is 21.4 Å². The van der Waals surface area contributed by atoms with Crippen LogP contribution in [0.3, 0.4) is 0 Å². The molecule has 0 aliphatic rings. The summed E-state index contributed by atoms with van der Waals surface area (Å²) in [7, 11) is -2.06. The van der Waals surface area contributed by atoms with E-state index in [-0.39, 0.29) is 11.6 Å². The van der Waals surface area contributed by atoms with E-state index in [1.807, 2.05) is 19.2 Å². The number of nitrogens with one attached hydrogen (secondary N) is 2. The lowest BCUT2D eigenvalue weighted by Crippen LogP contribution is -2.28. The summed E-state index contributed by atoms with van der Waals surface area (Å²) in [5.74, 6) is 0. The smallest absolute Gasteiger partial charge is 0.260 e. The van der Waals surface area contributed by atoms with Crippen molar-refractivity contribution in [3.63, 3.8) is 0 Å². The first-order valence-corrected chi connectivity index (χ1v) is 8.87. The van der Waals surface area contributed by atoms with Crippen LogP contribution in [0, 0.1) is 6.92 Å². The van der Waals surface area contributed by atoms with Crippen LogP contribution in [0.25, 0.3) is 0 Å². The third-order valence-corrected chi connectivity index (χ3v) is 5.60. The van der Waals surface area contributed by atoms with E-state index in [2.05, 4.69) is 20.5 Å². The van der Waals surface area contributed by atoms with E-state index < -0.39 is 10.0 Å². The first-order chi connectivity index (χ1) is 9.95. The second-order valence-corrected chi connectivity index (χ2v) is 7.67. The van der Waals surface area contributed by atoms with Crippen molar-refractivity contribution in [1.29, 1.82) is 0 Å². The van der Waals surface area contributed by atoms with Gasteiger partial charge in [0.25, 0.3) is 10.0 Å². The Balaban J connectivity index is 2.19. The van der Waals surface area contributed by atoms with E-state index >= 15 is 0 Å². The number of aromatic nitrogens is 3. The van der Waals surface area contributed by atoms with Crippen molar-refractivity contribution < 1.29 is 8.42 Å². The maximum atomic E-state index is 12.6. The standard InChI is InChI=1S/C12H19N5O2S2/c1-4-13-5-10-6-14-16-12(10)21(18,19)17(3)7-11-8-20-9(2)15-11/h6,8,13H,4-5,7H2,1-3H3,(H,14,16). The number of sulfonamides is 1. The Hall–Kier alpha value is -1.29. The summed E-state index contributed by atoms with van der Waals surface area (Å²) in [4.78, 5) is 4.29. The van der Waals surface area contributed by atoms with Gasteiger partial charge in [0.1, 0.15) is 0 Å². The molecule has 2 heterocycles. The maximum Gasteiger partial charge on any atom is 0.260 e. The van der Waals surface area contributed by atoms with Gasteiger partial charge in [-0.1, -0.05) is 6.92 Å². The lowest BCUT2D eigenvalue weighted by molar-refractivity contribution is 0.458. The zero-order chi connectivity index (χ0) is 15.5. The number of H-pyrrole nitrogens is 1. The van der Waals surface area contributed by atoms with Gasteiger partial charge in [0, 0.05) is 24.5 Å². The highest BCUT2D eigenvalue weighted by Gasteiger charge is 2.26. The number of rotatable bonds is 7. The van der Waals surface area contributed by atoms with Crippen LogP contribution in [0.5, 0.6) is 0 Å². The molecule has 9 heteroatoms. The molecule has 2 aromatic rings. The van der Waals surface area contributed by atoms with Crippen LogP contribution in [-0.4, -0.2) is 41.5 Å². The van der Waals surface area contributed by atoms with E-state index in [0.717, 1.165) is 17.2 Å². The van der Waals surface area contributed by atoms with Crippen molar-refractivity contribution in [2.24, 2.45) is 0 Å². The third kappa shape index (κ3) is 3.67. The summed E-state index contributed by atoms with van der Waals surface area (Å²) in [6.45, 7) is 5.33. The van der Waals surface area contributed by atoms with Crippen molar-refractivity contribution in [2.45, 2.75) is 32.0 Å². The molecule has 0 saturated heterocycles. The van der Waals surface area contributed by atoms with E-state index in [1.54, 1.807) is 7.05 Å². The molecule has 116 valence electrons. The SMILES string of the molecule is CCNCc1cn[nH]c1S(=O)(=O)N(C)Cc1csc(C)n1. The average Bonchev–Trinajstić information content (AvgIpc) is 3.05. The molecule has 0 saturated carbocycles. The fraction of sp³-hybridized carbons (Fsp3) is 0.500. The summed E-state index contributed by atoms with van der Waals surface area (Å²) in [5, 5.41) is 12.5. The molecular formula is C12H19N5O2S2. The molecule has 0 aliphatic heterocycles. The molecule has 2 rings (SSSR count). The molecule has 0 fully saturated rings. The predicted molar refractivity (Wildman–Crippen MR) is 81.5 cm³/mol. The van der Waals surface area contributed by atoms with Crippen LogP contribution in [-0.2, 0) is 23.1 Å². The molecule has 0 radical (unpaired) electrons. The maximum absolute atomic E-state index is 12.6. The average molecular weight is 329 g/mol. The highest BCUT2D eigenvalue weighted by atomic mass is 32.2.